The first kappa shape index (κ1) is 24.1. The summed E-state index contributed by atoms with van der Waals surface area (Å²) in [5, 5.41) is 17.8. The molecule has 0 unspecified atom stereocenters. The lowest BCUT2D eigenvalue weighted by molar-refractivity contribution is -0.211. The minimum atomic E-state index is -4.48. The third-order valence-corrected chi connectivity index (χ3v) is 7.37. The number of ether oxygens (including phenoxy) is 1. The van der Waals surface area contributed by atoms with Crippen LogP contribution in [-0.4, -0.2) is 46.2 Å². The van der Waals surface area contributed by atoms with Crippen LogP contribution in [0.15, 0.2) is 18.2 Å². The zero-order chi connectivity index (χ0) is 29.4. The molecular weight excluding hydrogens is 495 g/mol. The number of nitrogens with one attached hydrogen (secondary N) is 1. The average Bonchev–Trinajstić information content (AvgIpc) is 3.14. The molecule has 1 fully saturated rings. The lowest BCUT2D eigenvalue weighted by atomic mass is 9.79. The van der Waals surface area contributed by atoms with Gasteiger partial charge in [-0.15, -0.1) is 0 Å². The molecule has 3 rings (SSSR count). The van der Waals surface area contributed by atoms with Crippen LogP contribution < -0.4 is 10.1 Å². The van der Waals surface area contributed by atoms with Crippen molar-refractivity contribution in [3.63, 3.8) is 0 Å². The Kier molecular flexibility index (Phi) is 7.11. The third-order valence-electron chi connectivity index (χ3n) is 7.02. The molecule has 2 N–H and O–H groups in total. The van der Waals surface area contributed by atoms with Crippen molar-refractivity contribution in [2.75, 3.05) is 13.6 Å². The van der Waals surface area contributed by atoms with Crippen molar-refractivity contribution in [3.8, 4) is 17.0 Å². The standard InChI is InChI=1S/C26H35ClF3N3O3/c1-6-33-22(18-8-7-17(13-19(18)36-5)14-24(3,4)26(28,29)30)20(27)21(32-33)23(34)31-15-25(35)11-9-16(2)10-12-25/h7-8,13,16,35H,6,9-12,14-15H2,1-5H3,(H,31,34)/i5D3. The Balaban J connectivity index is 1.97. The second-order valence-electron chi connectivity index (χ2n) is 10.4. The molecule has 1 aliphatic rings. The summed E-state index contributed by atoms with van der Waals surface area (Å²) in [6.45, 7) is 6.25. The largest absolute Gasteiger partial charge is 0.496 e. The Bertz CT molecular complexity index is 1190. The van der Waals surface area contributed by atoms with Gasteiger partial charge < -0.3 is 15.2 Å². The monoisotopic (exact) mass is 532 g/mol. The summed E-state index contributed by atoms with van der Waals surface area (Å²) in [6, 6.07) is 4.11. The Morgan fingerprint density at radius 3 is 2.61 bits per heavy atom. The molecule has 0 bridgehead atoms. The molecule has 1 aromatic carbocycles. The molecule has 1 aliphatic carbocycles. The highest BCUT2D eigenvalue weighted by atomic mass is 35.5. The van der Waals surface area contributed by atoms with Crippen LogP contribution in [0.1, 0.15) is 73.5 Å². The van der Waals surface area contributed by atoms with Gasteiger partial charge in [0.15, 0.2) is 5.69 Å². The van der Waals surface area contributed by atoms with E-state index >= 15 is 0 Å². The Morgan fingerprint density at radius 1 is 1.36 bits per heavy atom. The lowest BCUT2D eigenvalue weighted by Gasteiger charge is -2.34. The first-order valence-electron chi connectivity index (χ1n) is 13.5. The molecule has 1 saturated carbocycles. The molecule has 1 amide bonds. The Morgan fingerprint density at radius 2 is 2.03 bits per heavy atom. The number of aromatic nitrogens is 2. The van der Waals surface area contributed by atoms with Crippen LogP contribution in [0.4, 0.5) is 13.2 Å². The summed E-state index contributed by atoms with van der Waals surface area (Å²) in [5.74, 6) is -0.308. The van der Waals surface area contributed by atoms with Gasteiger partial charge in [-0.05, 0) is 62.6 Å². The molecule has 1 aromatic heterocycles. The Labute approximate surface area is 219 Å². The first-order chi connectivity index (χ1) is 17.9. The number of carbonyl (C=O) groups is 1. The van der Waals surface area contributed by atoms with Gasteiger partial charge in [-0.25, -0.2) is 0 Å². The molecule has 6 nitrogen and oxygen atoms in total. The zero-order valence-electron chi connectivity index (χ0n) is 23.9. The van der Waals surface area contributed by atoms with Crippen molar-refractivity contribution in [2.24, 2.45) is 11.3 Å². The second-order valence-corrected chi connectivity index (χ2v) is 10.8. The van der Waals surface area contributed by atoms with Crippen LogP contribution in [0.2, 0.25) is 5.02 Å². The highest BCUT2D eigenvalue weighted by Gasteiger charge is 2.47. The van der Waals surface area contributed by atoms with Crippen molar-refractivity contribution < 1.29 is 31.9 Å². The number of hydrogen-bond acceptors (Lipinski definition) is 4. The van der Waals surface area contributed by atoms with E-state index in [4.69, 9.17) is 20.5 Å². The topological polar surface area (TPSA) is 76.4 Å². The lowest BCUT2D eigenvalue weighted by Crippen LogP contribution is -2.45. The van der Waals surface area contributed by atoms with Gasteiger partial charge in [-0.3, -0.25) is 9.48 Å². The minimum absolute atomic E-state index is 0.0281. The minimum Gasteiger partial charge on any atom is -0.496 e. The summed E-state index contributed by atoms with van der Waals surface area (Å²) in [7, 11) is -2.90. The predicted molar refractivity (Wildman–Crippen MR) is 133 cm³/mol. The number of amides is 1. The fourth-order valence-electron chi connectivity index (χ4n) is 4.44. The molecule has 0 saturated heterocycles. The molecular formula is C26H35ClF3N3O3. The quantitative estimate of drug-likeness (QED) is 0.435. The van der Waals surface area contributed by atoms with Gasteiger partial charge in [0.25, 0.3) is 5.91 Å². The van der Waals surface area contributed by atoms with Crippen LogP contribution in [0.25, 0.3) is 11.3 Å². The fraction of sp³-hybridized carbons (Fsp3) is 0.615. The number of aliphatic hydroxyl groups is 1. The predicted octanol–water partition coefficient (Wildman–Crippen LogP) is 6.03. The normalized spacial score (nSPS) is 22.5. The van der Waals surface area contributed by atoms with Gasteiger partial charge in [0, 0.05) is 18.7 Å². The zero-order valence-corrected chi connectivity index (χ0v) is 21.7. The molecule has 10 heteroatoms. The van der Waals surface area contributed by atoms with Crippen LogP contribution >= 0.6 is 11.6 Å². The van der Waals surface area contributed by atoms with Crippen molar-refractivity contribution >= 4 is 17.5 Å². The first-order valence-corrected chi connectivity index (χ1v) is 12.4. The number of carbonyl (C=O) groups excluding carboxylic acids is 1. The molecule has 0 atom stereocenters. The smallest absolute Gasteiger partial charge is 0.394 e. The van der Waals surface area contributed by atoms with Crippen LogP contribution in [-0.2, 0) is 13.0 Å². The molecule has 0 spiro atoms. The van der Waals surface area contributed by atoms with E-state index in [-0.39, 0.29) is 46.4 Å². The summed E-state index contributed by atoms with van der Waals surface area (Å²) in [4.78, 5) is 13.0. The maximum Gasteiger partial charge on any atom is 0.394 e. The van der Waals surface area contributed by atoms with Crippen molar-refractivity contribution in [2.45, 2.75) is 78.1 Å². The van der Waals surface area contributed by atoms with Gasteiger partial charge in [0.1, 0.15) is 5.75 Å². The number of benzene rings is 1. The number of hydrogen-bond donors (Lipinski definition) is 2. The van der Waals surface area contributed by atoms with Crippen molar-refractivity contribution in [1.82, 2.24) is 15.1 Å². The van der Waals surface area contributed by atoms with E-state index in [0.29, 0.717) is 18.8 Å². The third kappa shape index (κ3) is 5.99. The van der Waals surface area contributed by atoms with E-state index < -0.39 is 36.6 Å². The highest BCUT2D eigenvalue weighted by Crippen LogP contribution is 2.42. The summed E-state index contributed by atoms with van der Waals surface area (Å²) >= 11 is 6.61. The number of rotatable bonds is 8. The van der Waals surface area contributed by atoms with Gasteiger partial charge in [0.2, 0.25) is 0 Å². The fourth-order valence-corrected chi connectivity index (χ4v) is 4.77. The van der Waals surface area contributed by atoms with Crippen molar-refractivity contribution in [1.29, 1.82) is 0 Å². The Hall–Kier alpha value is -2.26. The summed E-state index contributed by atoms with van der Waals surface area (Å²) in [5.41, 5.74) is -2.64. The SMILES string of the molecule is [2H]C([2H])([2H])Oc1cc(CC(C)(C)C(F)(F)F)ccc1-c1c(Cl)c(C(=O)NCC2(O)CCC(C)CC2)nn1CC. The summed E-state index contributed by atoms with van der Waals surface area (Å²) in [6.07, 6.45) is -2.07. The molecule has 200 valence electrons. The maximum atomic E-state index is 13.5. The van der Waals surface area contributed by atoms with E-state index in [9.17, 15) is 23.1 Å². The van der Waals surface area contributed by atoms with E-state index in [2.05, 4.69) is 17.3 Å². The van der Waals surface area contributed by atoms with Gasteiger partial charge in [0.05, 0.1) is 32.9 Å². The van der Waals surface area contributed by atoms with Crippen molar-refractivity contribution in [3.05, 3.63) is 34.5 Å². The van der Waals surface area contributed by atoms with Crippen LogP contribution in [0, 0.1) is 11.3 Å². The van der Waals surface area contributed by atoms with E-state index in [0.717, 1.165) is 26.7 Å². The summed E-state index contributed by atoms with van der Waals surface area (Å²) < 4.78 is 69.8. The van der Waals surface area contributed by atoms with Crippen LogP contribution in [0.3, 0.4) is 0 Å². The molecule has 0 aliphatic heterocycles. The van der Waals surface area contributed by atoms with E-state index in [1.807, 2.05) is 0 Å². The van der Waals surface area contributed by atoms with Crippen LogP contribution in [0.5, 0.6) is 5.75 Å². The van der Waals surface area contributed by atoms with Gasteiger partial charge in [-0.1, -0.05) is 38.4 Å². The average molecular weight is 533 g/mol. The number of nitrogens with zero attached hydrogens (tertiary/aromatic N) is 2. The number of halogens is 4. The number of aryl methyl sites for hydroxylation is 1. The molecule has 0 radical (unpaired) electrons. The number of alkyl halides is 3. The highest BCUT2D eigenvalue weighted by molar-refractivity contribution is 6.36. The van der Waals surface area contributed by atoms with E-state index in [1.165, 1.54) is 22.9 Å². The molecule has 1 heterocycles. The van der Waals surface area contributed by atoms with Gasteiger partial charge in [-0.2, -0.15) is 18.3 Å². The van der Waals surface area contributed by atoms with Gasteiger partial charge >= 0.3 is 6.18 Å². The molecule has 2 aromatic rings. The maximum absolute atomic E-state index is 13.5. The second kappa shape index (κ2) is 10.6. The van der Waals surface area contributed by atoms with E-state index in [1.54, 1.807) is 6.92 Å². The molecule has 36 heavy (non-hydrogen) atoms. The number of methoxy groups -OCH3 is 1.